The number of hydrogen-bond acceptors (Lipinski definition) is 4. The minimum atomic E-state index is -0.528. The molecule has 1 amide bonds. The largest absolute Gasteiger partial charge is 0.508 e. The lowest BCUT2D eigenvalue weighted by Crippen LogP contribution is -2.46. The van der Waals surface area contributed by atoms with E-state index >= 15 is 0 Å². The predicted octanol–water partition coefficient (Wildman–Crippen LogP) is 0.884. The van der Waals surface area contributed by atoms with Gasteiger partial charge in [0.05, 0.1) is 6.04 Å². The molecule has 2 atom stereocenters. The topological polar surface area (TPSA) is 75.3 Å². The fraction of sp³-hybridized carbons (Fsp3) is 0.462. The summed E-state index contributed by atoms with van der Waals surface area (Å²) in [6, 6.07) is 6.52. The number of aromatic hydroxyl groups is 1. The van der Waals surface area contributed by atoms with Crippen molar-refractivity contribution in [2.75, 3.05) is 11.5 Å². The number of thioether (sulfide) groups is 1. The van der Waals surface area contributed by atoms with Crippen LogP contribution < -0.4 is 11.1 Å². The summed E-state index contributed by atoms with van der Waals surface area (Å²) in [7, 11) is 0. The SMILES string of the molecule is NC(Cc1ccc(O)cc1)C(=O)NC1CCSC1. The lowest BCUT2D eigenvalue weighted by molar-refractivity contribution is -0.122. The first-order valence-electron chi connectivity index (χ1n) is 6.07. The van der Waals surface area contributed by atoms with Gasteiger partial charge in [0.15, 0.2) is 0 Å². The third-order valence-electron chi connectivity index (χ3n) is 3.00. The number of amides is 1. The van der Waals surface area contributed by atoms with Crippen molar-refractivity contribution in [3.8, 4) is 5.75 Å². The van der Waals surface area contributed by atoms with Crippen molar-refractivity contribution >= 4 is 17.7 Å². The highest BCUT2D eigenvalue weighted by molar-refractivity contribution is 7.99. The van der Waals surface area contributed by atoms with Gasteiger partial charge in [-0.3, -0.25) is 4.79 Å². The maximum absolute atomic E-state index is 11.9. The summed E-state index contributed by atoms with van der Waals surface area (Å²) < 4.78 is 0. The van der Waals surface area contributed by atoms with Gasteiger partial charge in [-0.25, -0.2) is 0 Å². The van der Waals surface area contributed by atoms with Gasteiger partial charge in [-0.2, -0.15) is 11.8 Å². The number of nitrogens with one attached hydrogen (secondary N) is 1. The number of phenolic OH excluding ortho intramolecular Hbond substituents is 1. The molecule has 4 nitrogen and oxygen atoms in total. The Labute approximate surface area is 111 Å². The molecule has 5 heteroatoms. The third-order valence-corrected chi connectivity index (χ3v) is 4.17. The minimum absolute atomic E-state index is 0.0874. The van der Waals surface area contributed by atoms with Crippen LogP contribution in [-0.4, -0.2) is 34.6 Å². The standard InChI is InChI=1S/C13H18N2O2S/c14-12(7-9-1-3-11(16)4-2-9)13(17)15-10-5-6-18-8-10/h1-4,10,12,16H,5-8,14H2,(H,15,17). The van der Waals surface area contributed by atoms with Crippen molar-refractivity contribution in [3.05, 3.63) is 29.8 Å². The van der Waals surface area contributed by atoms with E-state index in [9.17, 15) is 9.90 Å². The molecule has 2 rings (SSSR count). The van der Waals surface area contributed by atoms with E-state index in [4.69, 9.17) is 5.73 Å². The van der Waals surface area contributed by atoms with Crippen molar-refractivity contribution in [3.63, 3.8) is 0 Å². The third kappa shape index (κ3) is 3.65. The lowest BCUT2D eigenvalue weighted by Gasteiger charge is -2.16. The molecule has 1 fully saturated rings. The molecule has 2 unspecified atom stereocenters. The Morgan fingerprint density at radius 1 is 1.50 bits per heavy atom. The number of carbonyl (C=O) groups excluding carboxylic acids is 1. The molecule has 1 saturated heterocycles. The first-order chi connectivity index (χ1) is 8.65. The lowest BCUT2D eigenvalue weighted by atomic mass is 10.1. The Bertz CT molecular complexity index is 402. The maximum Gasteiger partial charge on any atom is 0.237 e. The average Bonchev–Trinajstić information content (AvgIpc) is 2.85. The van der Waals surface area contributed by atoms with Gasteiger partial charge in [0.1, 0.15) is 5.75 Å². The van der Waals surface area contributed by atoms with Gasteiger partial charge in [0.2, 0.25) is 5.91 Å². The van der Waals surface area contributed by atoms with Crippen LogP contribution in [0.3, 0.4) is 0 Å². The number of carbonyl (C=O) groups is 1. The van der Waals surface area contributed by atoms with Crippen LogP contribution in [0.4, 0.5) is 0 Å². The molecule has 1 aliphatic rings. The highest BCUT2D eigenvalue weighted by Gasteiger charge is 2.21. The Balaban J connectivity index is 1.84. The van der Waals surface area contributed by atoms with Crippen LogP contribution in [0.15, 0.2) is 24.3 Å². The molecule has 0 aliphatic carbocycles. The number of phenols is 1. The summed E-state index contributed by atoms with van der Waals surface area (Å²) in [4.78, 5) is 11.9. The molecular formula is C13H18N2O2S. The number of rotatable bonds is 4. The fourth-order valence-electron chi connectivity index (χ4n) is 1.94. The molecule has 1 aromatic rings. The molecule has 0 aromatic heterocycles. The zero-order valence-corrected chi connectivity index (χ0v) is 11.0. The second kappa shape index (κ2) is 6.11. The van der Waals surface area contributed by atoms with E-state index in [0.717, 1.165) is 23.5 Å². The summed E-state index contributed by atoms with van der Waals surface area (Å²) in [5, 5.41) is 12.2. The normalized spacial score (nSPS) is 20.6. The van der Waals surface area contributed by atoms with Gasteiger partial charge in [0, 0.05) is 11.8 Å². The van der Waals surface area contributed by atoms with Crippen LogP contribution in [0, 0.1) is 0 Å². The Hall–Kier alpha value is -1.20. The molecule has 18 heavy (non-hydrogen) atoms. The molecular weight excluding hydrogens is 248 g/mol. The first-order valence-corrected chi connectivity index (χ1v) is 7.22. The van der Waals surface area contributed by atoms with Gasteiger partial charge < -0.3 is 16.2 Å². The summed E-state index contributed by atoms with van der Waals surface area (Å²) in [6.45, 7) is 0. The average molecular weight is 266 g/mol. The number of nitrogens with two attached hydrogens (primary N) is 1. The second-order valence-corrected chi connectivity index (χ2v) is 5.70. The van der Waals surface area contributed by atoms with Gasteiger partial charge in [-0.05, 0) is 36.3 Å². The van der Waals surface area contributed by atoms with Crippen molar-refractivity contribution in [2.24, 2.45) is 5.73 Å². The molecule has 0 spiro atoms. The molecule has 1 heterocycles. The van der Waals surface area contributed by atoms with Crippen molar-refractivity contribution < 1.29 is 9.90 Å². The first kappa shape index (κ1) is 13.2. The summed E-state index contributed by atoms with van der Waals surface area (Å²) >= 11 is 1.86. The Morgan fingerprint density at radius 3 is 2.83 bits per heavy atom. The van der Waals surface area contributed by atoms with E-state index in [-0.39, 0.29) is 17.7 Å². The molecule has 4 N–H and O–H groups in total. The van der Waals surface area contributed by atoms with E-state index < -0.39 is 6.04 Å². The smallest absolute Gasteiger partial charge is 0.237 e. The Kier molecular flexibility index (Phi) is 4.49. The highest BCUT2D eigenvalue weighted by Crippen LogP contribution is 2.17. The van der Waals surface area contributed by atoms with Gasteiger partial charge >= 0.3 is 0 Å². The van der Waals surface area contributed by atoms with Crippen LogP contribution >= 0.6 is 11.8 Å². The predicted molar refractivity (Wildman–Crippen MR) is 73.7 cm³/mol. The number of hydrogen-bond donors (Lipinski definition) is 3. The van der Waals surface area contributed by atoms with E-state index in [0.29, 0.717) is 6.42 Å². The zero-order valence-electron chi connectivity index (χ0n) is 10.1. The molecule has 0 saturated carbocycles. The van der Waals surface area contributed by atoms with E-state index in [1.165, 1.54) is 0 Å². The van der Waals surface area contributed by atoms with E-state index in [2.05, 4.69) is 5.32 Å². The maximum atomic E-state index is 11.9. The molecule has 1 aliphatic heterocycles. The summed E-state index contributed by atoms with van der Waals surface area (Å²) in [6.07, 6.45) is 1.52. The fourth-order valence-corrected chi connectivity index (χ4v) is 3.09. The van der Waals surface area contributed by atoms with E-state index in [1.807, 2.05) is 11.8 Å². The van der Waals surface area contributed by atoms with Gasteiger partial charge in [0.25, 0.3) is 0 Å². The Morgan fingerprint density at radius 2 is 2.22 bits per heavy atom. The molecule has 0 bridgehead atoms. The number of benzene rings is 1. The zero-order chi connectivity index (χ0) is 13.0. The molecule has 0 radical (unpaired) electrons. The summed E-state index contributed by atoms with van der Waals surface area (Å²) in [5.74, 6) is 2.23. The van der Waals surface area contributed by atoms with Crippen molar-refractivity contribution in [2.45, 2.75) is 24.9 Å². The molecule has 98 valence electrons. The quantitative estimate of drug-likeness (QED) is 0.756. The molecule has 1 aromatic carbocycles. The van der Waals surface area contributed by atoms with Gasteiger partial charge in [-0.15, -0.1) is 0 Å². The van der Waals surface area contributed by atoms with Crippen LogP contribution in [0.25, 0.3) is 0 Å². The van der Waals surface area contributed by atoms with Crippen molar-refractivity contribution in [1.29, 1.82) is 0 Å². The van der Waals surface area contributed by atoms with Crippen molar-refractivity contribution in [1.82, 2.24) is 5.32 Å². The highest BCUT2D eigenvalue weighted by atomic mass is 32.2. The van der Waals surface area contributed by atoms with Gasteiger partial charge in [-0.1, -0.05) is 12.1 Å². The van der Waals surface area contributed by atoms with Crippen LogP contribution in [0.2, 0.25) is 0 Å². The van der Waals surface area contributed by atoms with Crippen LogP contribution in [-0.2, 0) is 11.2 Å². The van der Waals surface area contributed by atoms with Crippen LogP contribution in [0.5, 0.6) is 5.75 Å². The van der Waals surface area contributed by atoms with Crippen LogP contribution in [0.1, 0.15) is 12.0 Å². The summed E-state index contributed by atoms with van der Waals surface area (Å²) in [5.41, 5.74) is 6.84. The monoisotopic (exact) mass is 266 g/mol. The minimum Gasteiger partial charge on any atom is -0.508 e. The van der Waals surface area contributed by atoms with E-state index in [1.54, 1.807) is 24.3 Å². The second-order valence-electron chi connectivity index (χ2n) is 4.55.